The first-order chi connectivity index (χ1) is 6.68. The highest BCUT2D eigenvalue weighted by atomic mass is 16.4. The smallest absolute Gasteiger partial charge is 0.311 e. The number of aromatic nitrogens is 2. The molecule has 0 aliphatic rings. The van der Waals surface area contributed by atoms with Gasteiger partial charge in [0.05, 0.1) is 11.7 Å². The number of hydrogen-bond acceptors (Lipinski definition) is 2. The molecular weight excluding hydrogens is 180 g/mol. The molecule has 0 fully saturated rings. The maximum atomic E-state index is 10.5. The summed E-state index contributed by atoms with van der Waals surface area (Å²) < 4.78 is 1.81. The van der Waals surface area contributed by atoms with Crippen LogP contribution in [0.5, 0.6) is 0 Å². The second kappa shape index (κ2) is 3.14. The molecule has 4 heteroatoms. The zero-order chi connectivity index (χ0) is 10.1. The van der Waals surface area contributed by atoms with E-state index in [1.165, 1.54) is 0 Å². The van der Waals surface area contributed by atoms with E-state index in [-0.39, 0.29) is 6.42 Å². The topological polar surface area (TPSA) is 54.6 Å². The van der Waals surface area contributed by atoms with E-state index in [9.17, 15) is 4.79 Å². The molecular formula is C10H10N2O2. The van der Waals surface area contributed by atoms with Gasteiger partial charge in [-0.05, 0) is 18.6 Å². The third-order valence-electron chi connectivity index (χ3n) is 2.17. The molecule has 2 heterocycles. The number of aliphatic carboxylic acids is 1. The van der Waals surface area contributed by atoms with Gasteiger partial charge in [-0.25, -0.2) is 4.98 Å². The Morgan fingerprint density at radius 2 is 2.43 bits per heavy atom. The fourth-order valence-electron chi connectivity index (χ4n) is 1.48. The third-order valence-corrected chi connectivity index (χ3v) is 2.17. The minimum absolute atomic E-state index is 0.0440. The first kappa shape index (κ1) is 8.74. The normalized spacial score (nSPS) is 10.6. The summed E-state index contributed by atoms with van der Waals surface area (Å²) in [7, 11) is 0. The van der Waals surface area contributed by atoms with Gasteiger partial charge in [0.25, 0.3) is 0 Å². The number of carboxylic acids is 1. The molecule has 0 spiro atoms. The number of hydrogen-bond donors (Lipinski definition) is 1. The van der Waals surface area contributed by atoms with E-state index >= 15 is 0 Å². The number of aryl methyl sites for hydroxylation is 1. The highest BCUT2D eigenvalue weighted by molar-refractivity contribution is 5.69. The molecule has 1 N–H and O–H groups in total. The van der Waals surface area contributed by atoms with Crippen molar-refractivity contribution in [2.24, 2.45) is 0 Å². The van der Waals surface area contributed by atoms with Crippen LogP contribution in [0.2, 0.25) is 0 Å². The van der Waals surface area contributed by atoms with Crippen LogP contribution in [0.1, 0.15) is 11.4 Å². The molecule has 0 aromatic carbocycles. The summed E-state index contributed by atoms with van der Waals surface area (Å²) in [6.45, 7) is 1.97. The molecule has 14 heavy (non-hydrogen) atoms. The number of fused-ring (bicyclic) bond motifs is 1. The lowest BCUT2D eigenvalue weighted by atomic mass is 10.2. The maximum Gasteiger partial charge on any atom is 0.311 e. The van der Waals surface area contributed by atoms with Gasteiger partial charge in [-0.2, -0.15) is 0 Å². The maximum absolute atomic E-state index is 10.5. The second-order valence-corrected chi connectivity index (χ2v) is 3.19. The zero-order valence-corrected chi connectivity index (χ0v) is 7.77. The van der Waals surface area contributed by atoms with Crippen LogP contribution in [0.15, 0.2) is 24.5 Å². The summed E-state index contributed by atoms with van der Waals surface area (Å²) in [5.74, 6) is -0.296. The van der Waals surface area contributed by atoms with Crippen molar-refractivity contribution in [1.29, 1.82) is 0 Å². The van der Waals surface area contributed by atoms with E-state index in [4.69, 9.17) is 5.11 Å². The van der Waals surface area contributed by atoms with Crippen molar-refractivity contribution in [2.45, 2.75) is 13.3 Å². The minimum atomic E-state index is -0.862. The SMILES string of the molecule is Cc1cccn2c(CC(=O)O)ncc12. The first-order valence-corrected chi connectivity index (χ1v) is 4.32. The van der Waals surface area contributed by atoms with Gasteiger partial charge in [-0.1, -0.05) is 6.07 Å². The number of nitrogens with zero attached hydrogens (tertiary/aromatic N) is 2. The molecule has 0 atom stereocenters. The number of imidazole rings is 1. The van der Waals surface area contributed by atoms with Crippen LogP contribution in [0, 0.1) is 6.92 Å². The van der Waals surface area contributed by atoms with Gasteiger partial charge in [-0.15, -0.1) is 0 Å². The molecule has 2 rings (SSSR count). The van der Waals surface area contributed by atoms with E-state index in [1.54, 1.807) is 6.20 Å². The predicted octanol–water partition coefficient (Wildman–Crippen LogP) is 1.27. The Labute approximate surface area is 80.8 Å². The summed E-state index contributed by atoms with van der Waals surface area (Å²) in [4.78, 5) is 14.6. The van der Waals surface area contributed by atoms with Crippen LogP contribution in [0.4, 0.5) is 0 Å². The predicted molar refractivity (Wildman–Crippen MR) is 51.3 cm³/mol. The largest absolute Gasteiger partial charge is 0.481 e. The first-order valence-electron chi connectivity index (χ1n) is 4.32. The van der Waals surface area contributed by atoms with Crippen molar-refractivity contribution in [3.8, 4) is 0 Å². The van der Waals surface area contributed by atoms with Gasteiger partial charge in [0.15, 0.2) is 0 Å². The molecule has 0 saturated heterocycles. The highest BCUT2D eigenvalue weighted by Crippen LogP contribution is 2.11. The average Bonchev–Trinajstić information content (AvgIpc) is 2.49. The second-order valence-electron chi connectivity index (χ2n) is 3.19. The summed E-state index contributed by atoms with van der Waals surface area (Å²) in [5.41, 5.74) is 2.06. The van der Waals surface area contributed by atoms with Crippen LogP contribution in [-0.2, 0) is 11.2 Å². The zero-order valence-electron chi connectivity index (χ0n) is 7.77. The van der Waals surface area contributed by atoms with E-state index in [0.29, 0.717) is 5.82 Å². The van der Waals surface area contributed by atoms with Crippen molar-refractivity contribution in [2.75, 3.05) is 0 Å². The number of carbonyl (C=O) groups is 1. The van der Waals surface area contributed by atoms with E-state index in [2.05, 4.69) is 4.98 Å². The summed E-state index contributed by atoms with van der Waals surface area (Å²) >= 11 is 0. The van der Waals surface area contributed by atoms with Crippen LogP contribution in [0.25, 0.3) is 5.52 Å². The van der Waals surface area contributed by atoms with Crippen molar-refractivity contribution in [1.82, 2.24) is 9.38 Å². The Hall–Kier alpha value is -1.84. The number of pyridine rings is 1. The molecule has 0 saturated carbocycles. The Morgan fingerprint density at radius 1 is 1.64 bits per heavy atom. The molecule has 2 aromatic heterocycles. The lowest BCUT2D eigenvalue weighted by Gasteiger charge is -1.99. The van der Waals surface area contributed by atoms with E-state index in [0.717, 1.165) is 11.1 Å². The standard InChI is InChI=1S/C10H10N2O2/c1-7-3-2-4-12-8(7)6-11-9(12)5-10(13)14/h2-4,6H,5H2,1H3,(H,13,14). The molecule has 0 aliphatic heterocycles. The van der Waals surface area contributed by atoms with Crippen LogP contribution >= 0.6 is 0 Å². The molecule has 0 amide bonds. The van der Waals surface area contributed by atoms with Crippen LogP contribution in [0.3, 0.4) is 0 Å². The van der Waals surface area contributed by atoms with Crippen molar-refractivity contribution < 1.29 is 9.90 Å². The molecule has 4 nitrogen and oxygen atoms in total. The summed E-state index contributed by atoms with van der Waals surface area (Å²) in [6, 6.07) is 3.86. The molecule has 0 unspecified atom stereocenters. The monoisotopic (exact) mass is 190 g/mol. The molecule has 0 bridgehead atoms. The lowest BCUT2D eigenvalue weighted by molar-refractivity contribution is -0.136. The van der Waals surface area contributed by atoms with Gasteiger partial charge in [0, 0.05) is 6.20 Å². The van der Waals surface area contributed by atoms with Gasteiger partial charge in [-0.3, -0.25) is 4.79 Å². The molecule has 2 aromatic rings. The molecule has 0 aliphatic carbocycles. The Bertz CT molecular complexity index is 488. The minimum Gasteiger partial charge on any atom is -0.481 e. The van der Waals surface area contributed by atoms with Gasteiger partial charge >= 0.3 is 5.97 Å². The average molecular weight is 190 g/mol. The van der Waals surface area contributed by atoms with Gasteiger partial charge in [0.2, 0.25) is 0 Å². The van der Waals surface area contributed by atoms with E-state index in [1.807, 2.05) is 29.7 Å². The van der Waals surface area contributed by atoms with Crippen molar-refractivity contribution in [3.05, 3.63) is 35.9 Å². The summed E-state index contributed by atoms with van der Waals surface area (Å²) in [6.07, 6.45) is 3.48. The lowest BCUT2D eigenvalue weighted by Crippen LogP contribution is -2.04. The number of carboxylic acid groups (broad SMARTS) is 1. The fourth-order valence-corrected chi connectivity index (χ4v) is 1.48. The van der Waals surface area contributed by atoms with Crippen molar-refractivity contribution in [3.63, 3.8) is 0 Å². The Kier molecular flexibility index (Phi) is 1.96. The Balaban J connectivity index is 2.58. The van der Waals surface area contributed by atoms with Gasteiger partial charge < -0.3 is 9.51 Å². The third kappa shape index (κ3) is 1.35. The van der Waals surface area contributed by atoms with Crippen LogP contribution in [-0.4, -0.2) is 20.5 Å². The Morgan fingerprint density at radius 3 is 3.14 bits per heavy atom. The fraction of sp³-hybridized carbons (Fsp3) is 0.200. The number of rotatable bonds is 2. The summed E-state index contributed by atoms with van der Waals surface area (Å²) in [5, 5.41) is 8.66. The van der Waals surface area contributed by atoms with Crippen LogP contribution < -0.4 is 0 Å². The van der Waals surface area contributed by atoms with Crippen molar-refractivity contribution >= 4 is 11.5 Å². The molecule has 72 valence electrons. The quantitative estimate of drug-likeness (QED) is 0.775. The highest BCUT2D eigenvalue weighted by Gasteiger charge is 2.07. The molecule has 0 radical (unpaired) electrons. The van der Waals surface area contributed by atoms with Gasteiger partial charge in [0.1, 0.15) is 12.2 Å². The van der Waals surface area contributed by atoms with E-state index < -0.39 is 5.97 Å².